The van der Waals surface area contributed by atoms with E-state index in [-0.39, 0.29) is 28.5 Å². The number of epoxide rings is 1. The molecular weight excluding hydrogens is 340 g/mol. The van der Waals surface area contributed by atoms with Gasteiger partial charge >= 0.3 is 5.97 Å². The zero-order valence-corrected chi connectivity index (χ0v) is 17.0. The Morgan fingerprint density at radius 1 is 1.15 bits per heavy atom. The van der Waals surface area contributed by atoms with Gasteiger partial charge in [0.1, 0.15) is 11.7 Å². The number of hydrogen-bond acceptors (Lipinski definition) is 4. The fraction of sp³-hybridized carbons (Fsp3) is 0.870. The molecule has 5 rings (SSSR count). The quantitative estimate of drug-likeness (QED) is 0.451. The number of fused-ring (bicyclic) bond motifs is 4. The molecule has 1 aliphatic heterocycles. The second kappa shape index (κ2) is 5.38. The van der Waals surface area contributed by atoms with Gasteiger partial charge in [-0.2, -0.15) is 0 Å². The lowest BCUT2D eigenvalue weighted by Crippen LogP contribution is -2.60. The van der Waals surface area contributed by atoms with Crippen LogP contribution in [0.4, 0.5) is 0 Å². The number of hydrogen-bond donors (Lipinski definition) is 1. The van der Waals surface area contributed by atoms with Crippen LogP contribution >= 0.6 is 0 Å². The highest BCUT2D eigenvalue weighted by Gasteiger charge is 2.77. The number of esters is 1. The van der Waals surface area contributed by atoms with Gasteiger partial charge in [0.05, 0.1) is 11.7 Å². The number of rotatable bonds is 2. The Hall–Kier alpha value is -0.870. The summed E-state index contributed by atoms with van der Waals surface area (Å²) in [5, 5.41) is 11.2. The van der Waals surface area contributed by atoms with E-state index in [1.165, 1.54) is 13.3 Å². The van der Waals surface area contributed by atoms with Gasteiger partial charge < -0.3 is 14.6 Å². The lowest BCUT2D eigenvalue weighted by molar-refractivity contribution is -0.160. The molecule has 0 aromatic carbocycles. The van der Waals surface area contributed by atoms with Crippen molar-refractivity contribution in [2.45, 2.75) is 95.5 Å². The molecule has 27 heavy (non-hydrogen) atoms. The summed E-state index contributed by atoms with van der Waals surface area (Å²) < 4.78 is 12.0. The van der Waals surface area contributed by atoms with E-state index in [1.54, 1.807) is 0 Å². The lowest BCUT2D eigenvalue weighted by atomic mass is 9.44. The van der Waals surface area contributed by atoms with E-state index in [1.807, 2.05) is 6.08 Å². The molecule has 0 aromatic heterocycles. The first-order valence-electron chi connectivity index (χ1n) is 10.9. The van der Waals surface area contributed by atoms with Crippen LogP contribution in [0, 0.1) is 28.6 Å². The predicted octanol–water partition coefficient (Wildman–Crippen LogP) is 4.01. The van der Waals surface area contributed by atoms with Gasteiger partial charge in [0.25, 0.3) is 0 Å². The number of carbonyl (C=O) groups is 1. The highest BCUT2D eigenvalue weighted by atomic mass is 16.6. The Morgan fingerprint density at radius 2 is 1.81 bits per heavy atom. The van der Waals surface area contributed by atoms with Gasteiger partial charge in [-0.1, -0.05) is 19.9 Å². The van der Waals surface area contributed by atoms with E-state index in [4.69, 9.17) is 9.47 Å². The van der Waals surface area contributed by atoms with Crippen molar-refractivity contribution < 1.29 is 19.4 Å². The molecule has 1 saturated heterocycles. The Morgan fingerprint density at radius 3 is 2.52 bits per heavy atom. The van der Waals surface area contributed by atoms with Crippen LogP contribution in [0.5, 0.6) is 0 Å². The van der Waals surface area contributed by atoms with Crippen LogP contribution in [0.3, 0.4) is 0 Å². The molecule has 4 saturated carbocycles. The van der Waals surface area contributed by atoms with Gasteiger partial charge in [-0.05, 0) is 62.7 Å². The van der Waals surface area contributed by atoms with E-state index in [2.05, 4.69) is 20.4 Å². The normalized spacial score (nSPS) is 58.3. The lowest BCUT2D eigenvalue weighted by Gasteiger charge is -2.60. The van der Waals surface area contributed by atoms with Gasteiger partial charge in [-0.25, -0.2) is 0 Å². The van der Waals surface area contributed by atoms with Crippen molar-refractivity contribution >= 4 is 5.97 Å². The number of ether oxygens (including phenoxy) is 2. The Balaban J connectivity index is 1.44. The summed E-state index contributed by atoms with van der Waals surface area (Å²) in [6.45, 7) is 10.2. The van der Waals surface area contributed by atoms with E-state index in [0.717, 1.165) is 44.9 Å². The highest BCUT2D eigenvalue weighted by Crippen LogP contribution is 2.74. The second-order valence-electron chi connectivity index (χ2n) is 10.6. The Kier molecular flexibility index (Phi) is 3.62. The van der Waals surface area contributed by atoms with Crippen molar-refractivity contribution in [1.82, 2.24) is 0 Å². The number of aliphatic hydroxyl groups is 1. The largest absolute Gasteiger partial charge is 0.462 e. The number of carbonyl (C=O) groups excluding carboxylic acids is 1. The molecule has 5 aliphatic rings. The van der Waals surface area contributed by atoms with Crippen LogP contribution in [-0.2, 0) is 14.3 Å². The average molecular weight is 375 g/mol. The zero-order chi connectivity index (χ0) is 19.2. The first-order valence-corrected chi connectivity index (χ1v) is 10.9. The summed E-state index contributed by atoms with van der Waals surface area (Å²) in [4.78, 5) is 11.5. The smallest absolute Gasteiger partial charge is 0.302 e. The minimum Gasteiger partial charge on any atom is -0.462 e. The topological polar surface area (TPSA) is 59.1 Å². The minimum absolute atomic E-state index is 0.0170. The summed E-state index contributed by atoms with van der Waals surface area (Å²) in [6, 6.07) is 0. The van der Waals surface area contributed by atoms with Crippen molar-refractivity contribution in [2.75, 3.05) is 0 Å². The summed E-state index contributed by atoms with van der Waals surface area (Å²) in [6.07, 6.45) is 10.4. The summed E-state index contributed by atoms with van der Waals surface area (Å²) in [5.41, 5.74) is -0.660. The van der Waals surface area contributed by atoms with Crippen molar-refractivity contribution in [3.8, 4) is 0 Å². The summed E-state index contributed by atoms with van der Waals surface area (Å²) in [7, 11) is 0. The van der Waals surface area contributed by atoms with E-state index in [9.17, 15) is 9.90 Å². The van der Waals surface area contributed by atoms with Crippen LogP contribution in [0.15, 0.2) is 12.7 Å². The van der Waals surface area contributed by atoms with Gasteiger partial charge in [0.15, 0.2) is 0 Å². The second-order valence-corrected chi connectivity index (χ2v) is 10.6. The van der Waals surface area contributed by atoms with Crippen LogP contribution < -0.4 is 0 Å². The third-order valence-corrected chi connectivity index (χ3v) is 9.93. The third kappa shape index (κ3) is 2.09. The molecule has 1 N–H and O–H groups in total. The monoisotopic (exact) mass is 374 g/mol. The Labute approximate surface area is 162 Å². The first-order chi connectivity index (χ1) is 12.7. The van der Waals surface area contributed by atoms with Crippen molar-refractivity contribution in [2.24, 2.45) is 28.6 Å². The summed E-state index contributed by atoms with van der Waals surface area (Å²) >= 11 is 0. The molecule has 1 heterocycles. The maximum Gasteiger partial charge on any atom is 0.302 e. The molecule has 0 aromatic rings. The van der Waals surface area contributed by atoms with Gasteiger partial charge in [-0.3, -0.25) is 4.79 Å². The molecule has 9 atom stereocenters. The maximum atomic E-state index is 11.5. The van der Waals surface area contributed by atoms with Crippen LogP contribution in [0.1, 0.15) is 72.1 Å². The highest BCUT2D eigenvalue weighted by molar-refractivity contribution is 5.66. The van der Waals surface area contributed by atoms with E-state index < -0.39 is 5.60 Å². The van der Waals surface area contributed by atoms with Crippen molar-refractivity contribution in [1.29, 1.82) is 0 Å². The molecule has 5 fully saturated rings. The van der Waals surface area contributed by atoms with Crippen molar-refractivity contribution in [3.63, 3.8) is 0 Å². The zero-order valence-electron chi connectivity index (χ0n) is 17.0. The standard InChI is InChI=1S/C23H34O4/c1-5-22(25)11-8-17-16-12-19-23(27-19)13-15(26-14(2)24)6-9-21(23,4)18(16)7-10-20(17,22)3/h5,15-19,25H,1,6-13H2,2-4H3/t15-,16+,17-,18+,19+,20-,21-,22+,23+/m1/s1. The fourth-order valence-electron chi connectivity index (χ4n) is 8.36. The van der Waals surface area contributed by atoms with Crippen molar-refractivity contribution in [3.05, 3.63) is 12.7 Å². The minimum atomic E-state index is -0.713. The Bertz CT molecular complexity index is 690. The summed E-state index contributed by atoms with van der Waals surface area (Å²) in [5.74, 6) is 1.67. The first kappa shape index (κ1) is 18.2. The maximum absolute atomic E-state index is 11.5. The average Bonchev–Trinajstić information content (AvgIpc) is 3.24. The molecule has 150 valence electrons. The molecule has 0 unspecified atom stereocenters. The van der Waals surface area contributed by atoms with Gasteiger partial charge in [0, 0.05) is 24.2 Å². The molecule has 0 bridgehead atoms. The fourth-order valence-corrected chi connectivity index (χ4v) is 8.36. The van der Waals surface area contributed by atoms with Crippen LogP contribution in [-0.4, -0.2) is 34.5 Å². The van der Waals surface area contributed by atoms with Gasteiger partial charge in [-0.15, -0.1) is 6.58 Å². The SMILES string of the molecule is C=C[C@]1(O)CC[C@@H]2[C@@H]3C[C@@H]4O[C@@]45C[C@H](OC(C)=O)CC[C@]5(C)[C@H]3CC[C@]21C. The predicted molar refractivity (Wildman–Crippen MR) is 102 cm³/mol. The molecule has 4 nitrogen and oxygen atoms in total. The molecule has 4 aliphatic carbocycles. The van der Waals surface area contributed by atoms with E-state index in [0.29, 0.717) is 23.9 Å². The molecule has 1 spiro atoms. The van der Waals surface area contributed by atoms with Crippen LogP contribution in [0.2, 0.25) is 0 Å². The molecule has 4 heteroatoms. The van der Waals surface area contributed by atoms with E-state index >= 15 is 0 Å². The molecule has 0 radical (unpaired) electrons. The third-order valence-electron chi connectivity index (χ3n) is 9.93. The van der Waals surface area contributed by atoms with Crippen LogP contribution in [0.25, 0.3) is 0 Å². The van der Waals surface area contributed by atoms with Gasteiger partial charge in [0.2, 0.25) is 0 Å². The molecular formula is C23H34O4. The molecule has 0 amide bonds.